The van der Waals surface area contributed by atoms with Crippen molar-refractivity contribution in [2.75, 3.05) is 6.61 Å². The fourth-order valence-electron chi connectivity index (χ4n) is 1.46. The number of hydrogen-bond donors (Lipinski definition) is 1. The molecule has 0 aliphatic carbocycles. The molecular weight excluding hydrogens is 154 g/mol. The first kappa shape index (κ1) is 7.34. The summed E-state index contributed by atoms with van der Waals surface area (Å²) in [5, 5.41) is 11.0. The highest BCUT2D eigenvalue weighted by atomic mass is 16.6. The first-order chi connectivity index (χ1) is 5.79. The van der Waals surface area contributed by atoms with E-state index in [4.69, 9.17) is 4.84 Å². The van der Waals surface area contributed by atoms with Gasteiger partial charge in [0.15, 0.2) is 0 Å². The molecule has 0 saturated heterocycles. The number of oxime groups is 1. The molecule has 4 nitrogen and oxygen atoms in total. The van der Waals surface area contributed by atoms with Crippen LogP contribution in [0.2, 0.25) is 0 Å². The van der Waals surface area contributed by atoms with Crippen LogP contribution in [0.1, 0.15) is 23.4 Å². The van der Waals surface area contributed by atoms with Crippen LogP contribution in [0.3, 0.4) is 0 Å². The fourth-order valence-corrected chi connectivity index (χ4v) is 1.46. The van der Waals surface area contributed by atoms with Gasteiger partial charge in [-0.3, -0.25) is 5.10 Å². The fraction of sp³-hybridized carbons (Fsp3) is 0.500. The Kier molecular flexibility index (Phi) is 1.60. The molecule has 0 aromatic carbocycles. The van der Waals surface area contributed by atoms with Crippen LogP contribution in [0, 0.1) is 13.8 Å². The average Bonchev–Trinajstić information content (AvgIpc) is 2.61. The van der Waals surface area contributed by atoms with Crippen LogP contribution in [0.5, 0.6) is 0 Å². The van der Waals surface area contributed by atoms with E-state index >= 15 is 0 Å². The van der Waals surface area contributed by atoms with E-state index in [9.17, 15) is 0 Å². The lowest BCUT2D eigenvalue weighted by Gasteiger charge is -1.95. The number of rotatable bonds is 1. The zero-order valence-corrected chi connectivity index (χ0v) is 7.22. The molecule has 0 saturated carbocycles. The predicted octanol–water partition coefficient (Wildman–Crippen LogP) is 1.15. The topological polar surface area (TPSA) is 50.3 Å². The molecule has 0 fully saturated rings. The summed E-state index contributed by atoms with van der Waals surface area (Å²) in [7, 11) is 0. The average molecular weight is 165 g/mol. The molecule has 0 atom stereocenters. The third kappa shape index (κ3) is 0.995. The largest absolute Gasteiger partial charge is 0.395 e. The van der Waals surface area contributed by atoms with Gasteiger partial charge in [0.05, 0.1) is 11.4 Å². The minimum atomic E-state index is 0.694. The first-order valence-corrected chi connectivity index (χ1v) is 4.00. The van der Waals surface area contributed by atoms with Crippen LogP contribution < -0.4 is 0 Å². The number of nitrogens with one attached hydrogen (secondary N) is 1. The number of nitrogens with zero attached hydrogens (tertiary/aromatic N) is 2. The zero-order chi connectivity index (χ0) is 8.55. The Morgan fingerprint density at radius 1 is 1.42 bits per heavy atom. The quantitative estimate of drug-likeness (QED) is 0.678. The lowest BCUT2D eigenvalue weighted by molar-refractivity contribution is 0.174. The molecule has 2 heterocycles. The number of aromatic amines is 1. The van der Waals surface area contributed by atoms with Crippen molar-refractivity contribution in [3.05, 3.63) is 17.0 Å². The second-order valence-corrected chi connectivity index (χ2v) is 2.93. The van der Waals surface area contributed by atoms with Crippen LogP contribution in [0.15, 0.2) is 5.16 Å². The molecule has 1 aromatic heterocycles. The molecule has 64 valence electrons. The number of hydrogen-bond acceptors (Lipinski definition) is 3. The Morgan fingerprint density at radius 2 is 2.25 bits per heavy atom. The summed E-state index contributed by atoms with van der Waals surface area (Å²) in [6.45, 7) is 4.66. The third-order valence-corrected chi connectivity index (χ3v) is 2.02. The lowest BCUT2D eigenvalue weighted by Crippen LogP contribution is -2.00. The second-order valence-electron chi connectivity index (χ2n) is 2.93. The van der Waals surface area contributed by atoms with Gasteiger partial charge in [0.25, 0.3) is 0 Å². The van der Waals surface area contributed by atoms with E-state index in [2.05, 4.69) is 15.4 Å². The molecule has 1 N–H and O–H groups in total. The molecule has 0 bridgehead atoms. The van der Waals surface area contributed by atoms with E-state index in [0.29, 0.717) is 6.61 Å². The van der Waals surface area contributed by atoms with Gasteiger partial charge in [-0.05, 0) is 13.8 Å². The third-order valence-electron chi connectivity index (χ3n) is 2.02. The first-order valence-electron chi connectivity index (χ1n) is 4.00. The van der Waals surface area contributed by atoms with Crippen molar-refractivity contribution in [3.8, 4) is 0 Å². The maximum atomic E-state index is 4.94. The van der Waals surface area contributed by atoms with Gasteiger partial charge in [0.1, 0.15) is 6.61 Å². The monoisotopic (exact) mass is 165 g/mol. The maximum absolute atomic E-state index is 4.94. The molecule has 2 rings (SSSR count). The van der Waals surface area contributed by atoms with E-state index < -0.39 is 0 Å². The summed E-state index contributed by atoms with van der Waals surface area (Å²) in [5.74, 6) is 0. The predicted molar refractivity (Wildman–Crippen MR) is 45.2 cm³/mol. The molecular formula is C8H11N3O. The van der Waals surface area contributed by atoms with Gasteiger partial charge >= 0.3 is 0 Å². The standard InChI is InChI=1S/C8H11N3O/c1-5-8(6(2)10-9-5)7-3-4-12-11-7/h3-4H2,1-2H3,(H,9,10). The van der Waals surface area contributed by atoms with Gasteiger partial charge in [-0.25, -0.2) is 0 Å². The van der Waals surface area contributed by atoms with E-state index in [1.54, 1.807) is 0 Å². The van der Waals surface area contributed by atoms with Crippen LogP contribution in [0.4, 0.5) is 0 Å². The van der Waals surface area contributed by atoms with Crippen LogP contribution in [0.25, 0.3) is 0 Å². The molecule has 0 radical (unpaired) electrons. The highest BCUT2D eigenvalue weighted by Crippen LogP contribution is 2.16. The number of aromatic nitrogens is 2. The van der Waals surface area contributed by atoms with Gasteiger partial charge in [-0.2, -0.15) is 5.10 Å². The molecule has 1 aliphatic rings. The van der Waals surface area contributed by atoms with Crippen LogP contribution in [-0.4, -0.2) is 22.5 Å². The van der Waals surface area contributed by atoms with Crippen molar-refractivity contribution in [2.24, 2.45) is 5.16 Å². The Labute approximate surface area is 70.6 Å². The van der Waals surface area contributed by atoms with Crippen molar-refractivity contribution in [2.45, 2.75) is 20.3 Å². The van der Waals surface area contributed by atoms with Gasteiger partial charge in [-0.1, -0.05) is 5.16 Å². The molecule has 1 aromatic rings. The van der Waals surface area contributed by atoms with Gasteiger partial charge in [-0.15, -0.1) is 0 Å². The molecule has 0 unspecified atom stereocenters. The van der Waals surface area contributed by atoms with Crippen LogP contribution in [-0.2, 0) is 4.84 Å². The summed E-state index contributed by atoms with van der Waals surface area (Å²) in [4.78, 5) is 4.94. The van der Waals surface area contributed by atoms with E-state index in [0.717, 1.165) is 29.1 Å². The Balaban J connectivity index is 2.44. The maximum Gasteiger partial charge on any atom is 0.122 e. The normalized spacial score (nSPS) is 16.0. The minimum Gasteiger partial charge on any atom is -0.395 e. The van der Waals surface area contributed by atoms with Gasteiger partial charge < -0.3 is 4.84 Å². The number of aryl methyl sites for hydroxylation is 2. The molecule has 4 heteroatoms. The van der Waals surface area contributed by atoms with Gasteiger partial charge in [0.2, 0.25) is 0 Å². The zero-order valence-electron chi connectivity index (χ0n) is 7.22. The summed E-state index contributed by atoms with van der Waals surface area (Å²) in [5.41, 5.74) is 4.19. The van der Waals surface area contributed by atoms with Crippen molar-refractivity contribution in [1.29, 1.82) is 0 Å². The Morgan fingerprint density at radius 3 is 2.75 bits per heavy atom. The molecule has 12 heavy (non-hydrogen) atoms. The minimum absolute atomic E-state index is 0.694. The SMILES string of the molecule is Cc1n[nH]c(C)c1C1=NOCC1. The molecule has 0 spiro atoms. The second kappa shape index (κ2) is 2.62. The van der Waals surface area contributed by atoms with Crippen molar-refractivity contribution >= 4 is 5.71 Å². The molecule has 0 amide bonds. The highest BCUT2D eigenvalue weighted by Gasteiger charge is 2.17. The Bertz CT molecular complexity index is 308. The summed E-state index contributed by atoms with van der Waals surface area (Å²) >= 11 is 0. The van der Waals surface area contributed by atoms with Crippen molar-refractivity contribution < 1.29 is 4.84 Å². The van der Waals surface area contributed by atoms with Crippen molar-refractivity contribution in [1.82, 2.24) is 10.2 Å². The van der Waals surface area contributed by atoms with Crippen molar-refractivity contribution in [3.63, 3.8) is 0 Å². The summed E-state index contributed by atoms with van der Waals surface area (Å²) in [6, 6.07) is 0. The van der Waals surface area contributed by atoms with Gasteiger partial charge in [0, 0.05) is 17.7 Å². The Hall–Kier alpha value is -1.32. The molecule has 1 aliphatic heterocycles. The lowest BCUT2D eigenvalue weighted by atomic mass is 10.1. The smallest absolute Gasteiger partial charge is 0.122 e. The number of H-pyrrole nitrogens is 1. The van der Waals surface area contributed by atoms with E-state index in [1.165, 1.54) is 0 Å². The highest BCUT2D eigenvalue weighted by molar-refractivity contribution is 6.02. The van der Waals surface area contributed by atoms with E-state index in [-0.39, 0.29) is 0 Å². The van der Waals surface area contributed by atoms with E-state index in [1.807, 2.05) is 13.8 Å². The summed E-state index contributed by atoms with van der Waals surface area (Å²) < 4.78 is 0. The van der Waals surface area contributed by atoms with Crippen LogP contribution >= 0.6 is 0 Å². The summed E-state index contributed by atoms with van der Waals surface area (Å²) in [6.07, 6.45) is 0.890.